The van der Waals surface area contributed by atoms with Crippen molar-refractivity contribution in [2.45, 2.75) is 32.1 Å². The number of rotatable bonds is 6. The van der Waals surface area contributed by atoms with E-state index in [4.69, 9.17) is 4.74 Å². The average Bonchev–Trinajstić information content (AvgIpc) is 3.42. The molecule has 9 nitrogen and oxygen atoms in total. The SMILES string of the molecule is O=C(COCC1CCCC1)N=S1(=O)CCCN(c2cc(-n3ccnc3)ncn2)CC1. The molecule has 0 radical (unpaired) electrons. The molecule has 2 fully saturated rings. The molecule has 4 rings (SSSR count). The molecule has 162 valence electrons. The van der Waals surface area contributed by atoms with E-state index in [0.29, 0.717) is 43.5 Å². The lowest BCUT2D eigenvalue weighted by Gasteiger charge is -2.21. The van der Waals surface area contributed by atoms with Crippen LogP contribution in [0.4, 0.5) is 5.82 Å². The minimum Gasteiger partial charge on any atom is -0.371 e. The maximum Gasteiger partial charge on any atom is 0.279 e. The topological polar surface area (TPSA) is 103 Å². The lowest BCUT2D eigenvalue weighted by Crippen LogP contribution is -2.28. The summed E-state index contributed by atoms with van der Waals surface area (Å²) in [6, 6.07) is 1.88. The molecule has 1 unspecified atom stereocenters. The van der Waals surface area contributed by atoms with Crippen LogP contribution in [0.5, 0.6) is 0 Å². The second-order valence-corrected chi connectivity index (χ2v) is 10.4. The zero-order chi connectivity index (χ0) is 20.8. The largest absolute Gasteiger partial charge is 0.371 e. The fourth-order valence-electron chi connectivity index (χ4n) is 4.02. The number of aromatic nitrogens is 4. The molecule has 10 heteroatoms. The molecule has 0 spiro atoms. The van der Waals surface area contributed by atoms with E-state index >= 15 is 0 Å². The predicted octanol–water partition coefficient (Wildman–Crippen LogP) is 2.07. The molecule has 2 aromatic rings. The van der Waals surface area contributed by atoms with E-state index in [1.807, 2.05) is 16.8 Å². The fraction of sp³-hybridized carbons (Fsp3) is 0.600. The van der Waals surface area contributed by atoms with Gasteiger partial charge in [-0.3, -0.25) is 9.36 Å². The molecular formula is C20H28N6O3S. The predicted molar refractivity (Wildman–Crippen MR) is 114 cm³/mol. The zero-order valence-corrected chi connectivity index (χ0v) is 17.9. The lowest BCUT2D eigenvalue weighted by molar-refractivity contribution is -0.122. The van der Waals surface area contributed by atoms with Crippen molar-refractivity contribution in [3.05, 3.63) is 31.1 Å². The maximum atomic E-state index is 13.2. The van der Waals surface area contributed by atoms with Crippen LogP contribution < -0.4 is 4.90 Å². The number of carbonyl (C=O) groups excluding carboxylic acids is 1. The molecule has 1 atom stereocenters. The molecule has 1 aliphatic heterocycles. The van der Waals surface area contributed by atoms with Gasteiger partial charge in [0.15, 0.2) is 0 Å². The minimum absolute atomic E-state index is 0.0720. The van der Waals surface area contributed by atoms with Crippen molar-refractivity contribution >= 4 is 21.5 Å². The third kappa shape index (κ3) is 5.42. The van der Waals surface area contributed by atoms with Gasteiger partial charge in [0, 0.05) is 43.1 Å². The Morgan fingerprint density at radius 1 is 1.17 bits per heavy atom. The molecule has 1 saturated heterocycles. The van der Waals surface area contributed by atoms with Gasteiger partial charge in [-0.25, -0.2) is 19.2 Å². The molecule has 2 aliphatic rings. The van der Waals surface area contributed by atoms with Crippen molar-refractivity contribution in [3.63, 3.8) is 0 Å². The highest BCUT2D eigenvalue weighted by atomic mass is 32.2. The van der Waals surface area contributed by atoms with Crippen LogP contribution in [-0.2, 0) is 19.3 Å². The maximum absolute atomic E-state index is 13.2. The van der Waals surface area contributed by atoms with Gasteiger partial charge in [0.2, 0.25) is 0 Å². The number of hydrogen-bond donors (Lipinski definition) is 0. The monoisotopic (exact) mass is 432 g/mol. The van der Waals surface area contributed by atoms with Crippen molar-refractivity contribution in [3.8, 4) is 5.82 Å². The van der Waals surface area contributed by atoms with Crippen LogP contribution >= 0.6 is 0 Å². The summed E-state index contributed by atoms with van der Waals surface area (Å²) in [7, 11) is -2.57. The molecule has 1 saturated carbocycles. The highest BCUT2D eigenvalue weighted by molar-refractivity contribution is 7.93. The summed E-state index contributed by atoms with van der Waals surface area (Å²) in [6.07, 6.45) is 12.2. The van der Waals surface area contributed by atoms with Crippen molar-refractivity contribution in [1.29, 1.82) is 0 Å². The second-order valence-electron chi connectivity index (χ2n) is 7.88. The van der Waals surface area contributed by atoms with Crippen LogP contribution in [0.25, 0.3) is 5.82 Å². The second kappa shape index (κ2) is 9.65. The summed E-state index contributed by atoms with van der Waals surface area (Å²) >= 11 is 0. The van der Waals surface area contributed by atoms with Crippen LogP contribution in [0.1, 0.15) is 32.1 Å². The summed E-state index contributed by atoms with van der Waals surface area (Å²) in [5.74, 6) is 2.39. The van der Waals surface area contributed by atoms with Crippen LogP contribution in [0, 0.1) is 5.92 Å². The molecule has 0 N–H and O–H groups in total. The zero-order valence-electron chi connectivity index (χ0n) is 17.1. The Labute approximate surface area is 177 Å². The van der Waals surface area contributed by atoms with Gasteiger partial charge in [-0.2, -0.15) is 4.36 Å². The number of imidazole rings is 1. The Morgan fingerprint density at radius 3 is 2.80 bits per heavy atom. The van der Waals surface area contributed by atoms with Gasteiger partial charge in [0.1, 0.15) is 30.9 Å². The Bertz CT molecular complexity index is 965. The van der Waals surface area contributed by atoms with Gasteiger partial charge in [0.25, 0.3) is 5.91 Å². The summed E-state index contributed by atoms with van der Waals surface area (Å²) in [4.78, 5) is 27.0. The Kier molecular flexibility index (Phi) is 6.73. The van der Waals surface area contributed by atoms with E-state index in [1.165, 1.54) is 32.0 Å². The van der Waals surface area contributed by atoms with Crippen molar-refractivity contribution < 1.29 is 13.7 Å². The van der Waals surface area contributed by atoms with Gasteiger partial charge in [0.05, 0.1) is 16.3 Å². The number of nitrogens with zero attached hydrogens (tertiary/aromatic N) is 6. The first-order chi connectivity index (χ1) is 14.6. The number of amides is 1. The van der Waals surface area contributed by atoms with Gasteiger partial charge in [-0.15, -0.1) is 0 Å². The normalized spacial score (nSPS) is 22.7. The van der Waals surface area contributed by atoms with E-state index in [1.54, 1.807) is 12.5 Å². The van der Waals surface area contributed by atoms with Crippen LogP contribution in [0.2, 0.25) is 0 Å². The Hall–Kier alpha value is -2.33. The van der Waals surface area contributed by atoms with Gasteiger partial charge in [-0.1, -0.05) is 12.8 Å². The van der Waals surface area contributed by atoms with Crippen molar-refractivity contribution in [1.82, 2.24) is 19.5 Å². The third-order valence-electron chi connectivity index (χ3n) is 5.62. The average molecular weight is 433 g/mol. The molecule has 0 bridgehead atoms. The Balaban J connectivity index is 1.36. The van der Waals surface area contributed by atoms with Gasteiger partial charge < -0.3 is 9.64 Å². The number of ether oxygens (including phenoxy) is 1. The molecule has 2 aromatic heterocycles. The van der Waals surface area contributed by atoms with E-state index < -0.39 is 15.6 Å². The van der Waals surface area contributed by atoms with Crippen LogP contribution in [0.3, 0.4) is 0 Å². The van der Waals surface area contributed by atoms with E-state index in [2.05, 4.69) is 24.2 Å². The molecule has 30 heavy (non-hydrogen) atoms. The Morgan fingerprint density at radius 2 is 2.00 bits per heavy atom. The molecule has 1 aliphatic carbocycles. The highest BCUT2D eigenvalue weighted by Crippen LogP contribution is 2.24. The lowest BCUT2D eigenvalue weighted by atomic mass is 10.1. The third-order valence-corrected chi connectivity index (χ3v) is 7.91. The van der Waals surface area contributed by atoms with Gasteiger partial charge in [-0.05, 0) is 25.2 Å². The number of hydrogen-bond acceptors (Lipinski definition) is 7. The first-order valence-corrected chi connectivity index (χ1v) is 12.3. The summed E-state index contributed by atoms with van der Waals surface area (Å²) < 4.78 is 24.6. The molecule has 1 amide bonds. The highest BCUT2D eigenvalue weighted by Gasteiger charge is 2.21. The van der Waals surface area contributed by atoms with E-state index in [9.17, 15) is 9.00 Å². The standard InChI is InChI=1S/C20H28N6O3S/c27-20(14-29-13-17-4-1-2-5-17)24-30(28)10-3-7-25(9-11-30)18-12-19(23-15-22-18)26-8-6-21-16-26/h6,8,12,15-17H,1-5,7,9-11,13-14H2. The van der Waals surface area contributed by atoms with Crippen molar-refractivity contribution in [2.75, 3.05) is 42.7 Å². The molecular weight excluding hydrogens is 404 g/mol. The number of carbonyl (C=O) groups is 1. The van der Waals surface area contributed by atoms with Crippen molar-refractivity contribution in [2.24, 2.45) is 10.3 Å². The quantitative estimate of drug-likeness (QED) is 0.688. The van der Waals surface area contributed by atoms with Crippen LogP contribution in [-0.4, -0.2) is 67.4 Å². The molecule has 0 aromatic carbocycles. The van der Waals surface area contributed by atoms with E-state index in [0.717, 1.165) is 11.6 Å². The fourth-order valence-corrected chi connectivity index (χ4v) is 5.91. The summed E-state index contributed by atoms with van der Waals surface area (Å²) in [5, 5.41) is 0. The van der Waals surface area contributed by atoms with Gasteiger partial charge >= 0.3 is 0 Å². The minimum atomic E-state index is -2.57. The summed E-state index contributed by atoms with van der Waals surface area (Å²) in [5.41, 5.74) is 0. The summed E-state index contributed by atoms with van der Waals surface area (Å²) in [6.45, 7) is 1.76. The first-order valence-electron chi connectivity index (χ1n) is 10.5. The first kappa shape index (κ1) is 20.9. The van der Waals surface area contributed by atoms with Crippen LogP contribution in [0.15, 0.2) is 35.5 Å². The van der Waals surface area contributed by atoms with E-state index in [-0.39, 0.29) is 6.61 Å². The molecule has 3 heterocycles. The smallest absolute Gasteiger partial charge is 0.279 e. The number of anilines is 1.